The fraction of sp³-hybridized carbons (Fsp3) is 0.429. The van der Waals surface area contributed by atoms with Crippen molar-refractivity contribution in [3.05, 3.63) is 30.1 Å². The highest BCUT2D eigenvalue weighted by Gasteiger charge is 2.33. The molecule has 0 aromatic heterocycles. The number of amides is 1. The molecule has 0 aliphatic carbocycles. The minimum atomic E-state index is -0.890. The molecule has 1 aliphatic rings. The van der Waals surface area contributed by atoms with Crippen LogP contribution in [0.5, 0.6) is 5.75 Å². The highest BCUT2D eigenvalue weighted by Crippen LogP contribution is 2.19. The Morgan fingerprint density at radius 1 is 1.50 bits per heavy atom. The van der Waals surface area contributed by atoms with Crippen molar-refractivity contribution in [1.29, 1.82) is 0 Å². The van der Waals surface area contributed by atoms with Gasteiger partial charge in [-0.25, -0.2) is 4.39 Å². The summed E-state index contributed by atoms with van der Waals surface area (Å²) in [5.41, 5.74) is 0. The summed E-state index contributed by atoms with van der Waals surface area (Å²) < 4.78 is 18.4. The van der Waals surface area contributed by atoms with Gasteiger partial charge in [-0.2, -0.15) is 0 Å². The van der Waals surface area contributed by atoms with Gasteiger partial charge in [-0.3, -0.25) is 9.59 Å². The molecule has 5 nitrogen and oxygen atoms in total. The molecule has 108 valence electrons. The maximum atomic E-state index is 13.0. The van der Waals surface area contributed by atoms with Gasteiger partial charge in [-0.15, -0.1) is 0 Å². The first kappa shape index (κ1) is 14.3. The van der Waals surface area contributed by atoms with E-state index in [1.54, 1.807) is 13.0 Å². The highest BCUT2D eigenvalue weighted by atomic mass is 19.1. The van der Waals surface area contributed by atoms with Crippen molar-refractivity contribution in [3.63, 3.8) is 0 Å². The Hall–Kier alpha value is -2.11. The van der Waals surface area contributed by atoms with Gasteiger partial charge in [0.05, 0.1) is 5.92 Å². The Kier molecular flexibility index (Phi) is 4.22. The average molecular weight is 281 g/mol. The molecular weight excluding hydrogens is 265 g/mol. The lowest BCUT2D eigenvalue weighted by molar-refractivity contribution is -0.142. The third kappa shape index (κ3) is 3.26. The van der Waals surface area contributed by atoms with Crippen molar-refractivity contribution < 1.29 is 23.8 Å². The van der Waals surface area contributed by atoms with Gasteiger partial charge in [-0.1, -0.05) is 6.07 Å². The highest BCUT2D eigenvalue weighted by molar-refractivity contribution is 5.82. The number of carbonyl (C=O) groups excluding carboxylic acids is 1. The smallest absolute Gasteiger partial charge is 0.308 e. The van der Waals surface area contributed by atoms with Gasteiger partial charge < -0.3 is 14.7 Å². The third-order valence-electron chi connectivity index (χ3n) is 3.31. The zero-order chi connectivity index (χ0) is 14.7. The van der Waals surface area contributed by atoms with Crippen molar-refractivity contribution in [2.45, 2.75) is 19.4 Å². The van der Waals surface area contributed by atoms with E-state index in [4.69, 9.17) is 9.84 Å². The lowest BCUT2D eigenvalue weighted by Gasteiger charge is -2.21. The second-order valence-corrected chi connectivity index (χ2v) is 4.83. The number of carboxylic acid groups (broad SMARTS) is 1. The summed E-state index contributed by atoms with van der Waals surface area (Å²) in [5, 5.41) is 8.91. The molecule has 2 rings (SSSR count). The largest absolute Gasteiger partial charge is 0.481 e. The van der Waals surface area contributed by atoms with E-state index >= 15 is 0 Å². The Morgan fingerprint density at radius 2 is 2.25 bits per heavy atom. The molecule has 1 saturated heterocycles. The van der Waals surface area contributed by atoms with Crippen molar-refractivity contribution in [3.8, 4) is 5.75 Å². The molecule has 0 unspecified atom stereocenters. The van der Waals surface area contributed by atoms with E-state index < -0.39 is 23.8 Å². The predicted molar refractivity (Wildman–Crippen MR) is 68.8 cm³/mol. The van der Waals surface area contributed by atoms with Crippen LogP contribution in [-0.2, 0) is 9.59 Å². The van der Waals surface area contributed by atoms with Crippen LogP contribution in [0, 0.1) is 11.7 Å². The van der Waals surface area contributed by atoms with Gasteiger partial charge in [0.15, 0.2) is 6.10 Å². The van der Waals surface area contributed by atoms with E-state index in [1.807, 2.05) is 0 Å². The van der Waals surface area contributed by atoms with Gasteiger partial charge >= 0.3 is 5.97 Å². The Bertz CT molecular complexity index is 520. The van der Waals surface area contributed by atoms with E-state index in [0.29, 0.717) is 13.0 Å². The van der Waals surface area contributed by atoms with Gasteiger partial charge in [0.25, 0.3) is 5.91 Å². The zero-order valence-electron chi connectivity index (χ0n) is 11.1. The van der Waals surface area contributed by atoms with Crippen LogP contribution in [0.2, 0.25) is 0 Å². The first-order chi connectivity index (χ1) is 9.47. The van der Waals surface area contributed by atoms with Crippen LogP contribution >= 0.6 is 0 Å². The van der Waals surface area contributed by atoms with E-state index in [9.17, 15) is 14.0 Å². The second kappa shape index (κ2) is 5.90. The molecule has 0 spiro atoms. The first-order valence-corrected chi connectivity index (χ1v) is 6.41. The van der Waals surface area contributed by atoms with Crippen LogP contribution in [0.4, 0.5) is 4.39 Å². The van der Waals surface area contributed by atoms with Crippen molar-refractivity contribution in [2.75, 3.05) is 13.1 Å². The summed E-state index contributed by atoms with van der Waals surface area (Å²) in [5.74, 6) is -1.84. The Labute approximate surface area is 116 Å². The Balaban J connectivity index is 1.94. The molecule has 0 saturated carbocycles. The van der Waals surface area contributed by atoms with Crippen LogP contribution in [0.3, 0.4) is 0 Å². The monoisotopic (exact) mass is 281 g/mol. The summed E-state index contributed by atoms with van der Waals surface area (Å²) >= 11 is 0. The van der Waals surface area contributed by atoms with E-state index in [1.165, 1.54) is 23.1 Å². The molecule has 1 fully saturated rings. The summed E-state index contributed by atoms with van der Waals surface area (Å²) in [6.07, 6.45) is -0.322. The van der Waals surface area contributed by atoms with Crippen LogP contribution < -0.4 is 4.74 Å². The molecule has 1 N–H and O–H groups in total. The number of benzene rings is 1. The summed E-state index contributed by atoms with van der Waals surface area (Å²) in [4.78, 5) is 24.4. The topological polar surface area (TPSA) is 66.8 Å². The molecule has 0 bridgehead atoms. The third-order valence-corrected chi connectivity index (χ3v) is 3.31. The quantitative estimate of drug-likeness (QED) is 0.908. The normalized spacial score (nSPS) is 19.7. The van der Waals surface area contributed by atoms with Crippen LogP contribution in [0.25, 0.3) is 0 Å². The minimum absolute atomic E-state index is 0.199. The number of rotatable bonds is 4. The average Bonchev–Trinajstić information content (AvgIpc) is 2.87. The van der Waals surface area contributed by atoms with E-state index in [2.05, 4.69) is 0 Å². The van der Waals surface area contributed by atoms with Crippen LogP contribution in [-0.4, -0.2) is 41.1 Å². The van der Waals surface area contributed by atoms with Gasteiger partial charge in [0.2, 0.25) is 0 Å². The SMILES string of the molecule is C[C@@H](Oc1cccc(F)c1)C(=O)N1CC[C@H](C(=O)O)C1. The number of ether oxygens (including phenoxy) is 1. The van der Waals surface area contributed by atoms with Crippen molar-refractivity contribution in [2.24, 2.45) is 5.92 Å². The molecule has 1 heterocycles. The summed E-state index contributed by atoms with van der Waals surface area (Å²) in [6, 6.07) is 5.56. The number of aliphatic carboxylic acids is 1. The number of likely N-dealkylation sites (tertiary alicyclic amines) is 1. The zero-order valence-corrected chi connectivity index (χ0v) is 11.1. The summed E-state index contributed by atoms with van der Waals surface area (Å²) in [6.45, 7) is 2.18. The molecule has 2 atom stereocenters. The van der Waals surface area contributed by atoms with Gasteiger partial charge in [0.1, 0.15) is 11.6 Å². The number of carbonyl (C=O) groups is 2. The second-order valence-electron chi connectivity index (χ2n) is 4.83. The van der Waals surface area contributed by atoms with Crippen molar-refractivity contribution in [1.82, 2.24) is 4.90 Å². The predicted octanol–water partition coefficient (Wildman–Crippen LogP) is 1.53. The lowest BCUT2D eigenvalue weighted by atomic mass is 10.1. The van der Waals surface area contributed by atoms with E-state index in [0.717, 1.165) is 0 Å². The number of halogens is 1. The van der Waals surface area contributed by atoms with Crippen LogP contribution in [0.1, 0.15) is 13.3 Å². The number of hydrogen-bond acceptors (Lipinski definition) is 3. The summed E-state index contributed by atoms with van der Waals surface area (Å²) in [7, 11) is 0. The molecule has 1 aliphatic heterocycles. The first-order valence-electron chi connectivity index (χ1n) is 6.41. The molecular formula is C14H16FNO4. The fourth-order valence-electron chi connectivity index (χ4n) is 2.21. The molecule has 1 aromatic carbocycles. The van der Waals surface area contributed by atoms with E-state index in [-0.39, 0.29) is 18.2 Å². The van der Waals surface area contributed by atoms with Gasteiger partial charge in [0, 0.05) is 19.2 Å². The Morgan fingerprint density at radius 3 is 2.85 bits per heavy atom. The number of carboxylic acids is 1. The maximum Gasteiger partial charge on any atom is 0.308 e. The van der Waals surface area contributed by atoms with Gasteiger partial charge in [-0.05, 0) is 25.5 Å². The minimum Gasteiger partial charge on any atom is -0.481 e. The molecule has 0 radical (unpaired) electrons. The standard InChI is InChI=1S/C14H16FNO4/c1-9(20-12-4-2-3-11(15)7-12)13(17)16-6-5-10(8-16)14(18)19/h2-4,7,9-10H,5-6,8H2,1H3,(H,18,19)/t9-,10+/m1/s1. The fourth-order valence-corrected chi connectivity index (χ4v) is 2.21. The molecule has 6 heteroatoms. The maximum absolute atomic E-state index is 13.0. The number of hydrogen-bond donors (Lipinski definition) is 1. The molecule has 1 amide bonds. The molecule has 1 aromatic rings. The number of nitrogens with zero attached hydrogens (tertiary/aromatic N) is 1. The van der Waals surface area contributed by atoms with Crippen LogP contribution in [0.15, 0.2) is 24.3 Å². The molecule has 20 heavy (non-hydrogen) atoms. The van der Waals surface area contributed by atoms with Crippen molar-refractivity contribution >= 4 is 11.9 Å². The lowest BCUT2D eigenvalue weighted by Crippen LogP contribution is -2.39.